The zero-order valence-corrected chi connectivity index (χ0v) is 17.4. The molecule has 0 radical (unpaired) electrons. The Balaban J connectivity index is 1.28. The van der Waals surface area contributed by atoms with Crippen LogP contribution in [0.25, 0.3) is 0 Å². The molecule has 2 heterocycles. The van der Waals surface area contributed by atoms with Crippen molar-refractivity contribution in [3.8, 4) is 5.75 Å². The molecule has 1 N–H and O–H groups in total. The molecule has 0 spiro atoms. The number of nitrogens with zero attached hydrogens (tertiary/aromatic N) is 2. The van der Waals surface area contributed by atoms with E-state index >= 15 is 0 Å². The molecule has 1 unspecified atom stereocenters. The van der Waals surface area contributed by atoms with Crippen LogP contribution in [0.1, 0.15) is 38.5 Å². The summed E-state index contributed by atoms with van der Waals surface area (Å²) < 4.78 is 30.4. The summed E-state index contributed by atoms with van der Waals surface area (Å²) in [6, 6.07) is 6.11. The molecular weight excluding hydrogens is 373 g/mol. The van der Waals surface area contributed by atoms with Gasteiger partial charge in [0.2, 0.25) is 0 Å². The lowest BCUT2D eigenvalue weighted by Crippen LogP contribution is -2.47. The van der Waals surface area contributed by atoms with E-state index in [1.54, 1.807) is 12.1 Å². The van der Waals surface area contributed by atoms with Crippen molar-refractivity contribution in [2.45, 2.75) is 50.7 Å². The summed E-state index contributed by atoms with van der Waals surface area (Å²) in [5.74, 6) is 1.37. The molecule has 2 aliphatic heterocycles. The van der Waals surface area contributed by atoms with Crippen LogP contribution in [0.15, 0.2) is 29.3 Å². The van der Waals surface area contributed by atoms with E-state index in [1.807, 2.05) is 7.05 Å². The molecule has 162 valence electrons. The van der Waals surface area contributed by atoms with Crippen molar-refractivity contribution in [2.75, 3.05) is 46.5 Å². The number of guanidine groups is 1. The third-order valence-electron chi connectivity index (χ3n) is 5.43. The Morgan fingerprint density at radius 1 is 1.21 bits per heavy atom. The monoisotopic (exact) mass is 407 g/mol. The van der Waals surface area contributed by atoms with E-state index in [1.165, 1.54) is 25.0 Å². The third-order valence-corrected chi connectivity index (χ3v) is 5.43. The van der Waals surface area contributed by atoms with Crippen LogP contribution in [0.5, 0.6) is 5.75 Å². The summed E-state index contributed by atoms with van der Waals surface area (Å²) in [5.41, 5.74) is 0. The van der Waals surface area contributed by atoms with Crippen LogP contribution in [-0.4, -0.2) is 69.6 Å². The van der Waals surface area contributed by atoms with Gasteiger partial charge >= 0.3 is 0 Å². The second-order valence-corrected chi connectivity index (χ2v) is 7.64. The fourth-order valence-electron chi connectivity index (χ4n) is 3.74. The molecule has 0 amide bonds. The number of ether oxygens (including phenoxy) is 3. The molecule has 29 heavy (non-hydrogen) atoms. The standard InChI is InChI=1S/C22H34FN3O3/c1-24-22(25-12-4-16-27-19-8-6-18(23)7-9-19)26-13-10-20(11-14-26)29-17-21-5-2-3-15-28-21/h6-9,20-21H,2-5,10-17H2,1H3,(H,24,25). The number of piperidine rings is 1. The number of hydrogen-bond acceptors (Lipinski definition) is 4. The van der Waals surface area contributed by atoms with E-state index in [0.717, 1.165) is 64.5 Å². The van der Waals surface area contributed by atoms with E-state index in [0.29, 0.717) is 18.5 Å². The molecule has 0 bridgehead atoms. The van der Waals surface area contributed by atoms with E-state index in [9.17, 15) is 4.39 Å². The molecule has 2 aliphatic rings. The summed E-state index contributed by atoms with van der Waals surface area (Å²) >= 11 is 0. The highest BCUT2D eigenvalue weighted by molar-refractivity contribution is 5.79. The molecular formula is C22H34FN3O3. The van der Waals surface area contributed by atoms with E-state index < -0.39 is 0 Å². The van der Waals surface area contributed by atoms with Gasteiger partial charge in [0, 0.05) is 33.3 Å². The first-order chi connectivity index (χ1) is 14.2. The number of hydrogen-bond donors (Lipinski definition) is 1. The highest BCUT2D eigenvalue weighted by atomic mass is 19.1. The summed E-state index contributed by atoms with van der Waals surface area (Å²) in [6.07, 6.45) is 7.04. The fourth-order valence-corrected chi connectivity index (χ4v) is 3.74. The molecule has 0 saturated carbocycles. The average molecular weight is 408 g/mol. The van der Waals surface area contributed by atoms with Gasteiger partial charge in [-0.15, -0.1) is 0 Å². The normalized spacial score (nSPS) is 21.2. The number of halogens is 1. The van der Waals surface area contributed by atoms with Gasteiger partial charge in [-0.1, -0.05) is 0 Å². The Morgan fingerprint density at radius 2 is 2.00 bits per heavy atom. The average Bonchev–Trinajstić information content (AvgIpc) is 2.77. The van der Waals surface area contributed by atoms with Crippen LogP contribution < -0.4 is 10.1 Å². The van der Waals surface area contributed by atoms with Crippen molar-refractivity contribution in [3.63, 3.8) is 0 Å². The Bertz CT molecular complexity index is 612. The van der Waals surface area contributed by atoms with Crippen LogP contribution in [0.2, 0.25) is 0 Å². The lowest BCUT2D eigenvalue weighted by molar-refractivity contribution is -0.0721. The van der Waals surface area contributed by atoms with Crippen LogP contribution in [0.4, 0.5) is 4.39 Å². The van der Waals surface area contributed by atoms with E-state index in [4.69, 9.17) is 14.2 Å². The third kappa shape index (κ3) is 7.48. The number of benzene rings is 1. The lowest BCUT2D eigenvalue weighted by atomic mass is 10.1. The number of likely N-dealkylation sites (tertiary alicyclic amines) is 1. The van der Waals surface area contributed by atoms with Crippen molar-refractivity contribution in [2.24, 2.45) is 4.99 Å². The maximum absolute atomic E-state index is 12.9. The van der Waals surface area contributed by atoms with Gasteiger partial charge in [-0.3, -0.25) is 4.99 Å². The predicted molar refractivity (Wildman–Crippen MR) is 112 cm³/mol. The minimum Gasteiger partial charge on any atom is -0.494 e. The maximum Gasteiger partial charge on any atom is 0.193 e. The van der Waals surface area contributed by atoms with E-state index in [2.05, 4.69) is 15.2 Å². The molecule has 6 nitrogen and oxygen atoms in total. The molecule has 0 aliphatic carbocycles. The number of nitrogens with one attached hydrogen (secondary N) is 1. The first-order valence-electron chi connectivity index (χ1n) is 10.8. The molecule has 7 heteroatoms. The highest BCUT2D eigenvalue weighted by Gasteiger charge is 2.23. The zero-order valence-electron chi connectivity index (χ0n) is 17.4. The maximum atomic E-state index is 12.9. The Kier molecular flexibility index (Phi) is 9.02. The first-order valence-corrected chi connectivity index (χ1v) is 10.8. The minimum atomic E-state index is -0.251. The van der Waals surface area contributed by atoms with Gasteiger partial charge in [-0.2, -0.15) is 0 Å². The highest BCUT2D eigenvalue weighted by Crippen LogP contribution is 2.18. The van der Waals surface area contributed by atoms with Gasteiger partial charge in [0.1, 0.15) is 11.6 Å². The molecule has 2 saturated heterocycles. The van der Waals surface area contributed by atoms with E-state index in [-0.39, 0.29) is 11.9 Å². The van der Waals surface area contributed by atoms with Crippen LogP contribution in [-0.2, 0) is 9.47 Å². The van der Waals surface area contributed by atoms with Crippen molar-refractivity contribution in [1.29, 1.82) is 0 Å². The van der Waals surface area contributed by atoms with Crippen molar-refractivity contribution in [3.05, 3.63) is 30.1 Å². The Labute approximate surface area is 173 Å². The quantitative estimate of drug-likeness (QED) is 0.407. The van der Waals surface area contributed by atoms with Gasteiger partial charge < -0.3 is 24.4 Å². The second-order valence-electron chi connectivity index (χ2n) is 7.64. The topological polar surface area (TPSA) is 55.3 Å². The smallest absolute Gasteiger partial charge is 0.193 e. The Hall–Kier alpha value is -1.86. The summed E-state index contributed by atoms with van der Waals surface area (Å²) in [6.45, 7) is 4.86. The van der Waals surface area contributed by atoms with Crippen LogP contribution >= 0.6 is 0 Å². The number of rotatable bonds is 8. The van der Waals surface area contributed by atoms with Gasteiger partial charge in [0.25, 0.3) is 0 Å². The minimum absolute atomic E-state index is 0.251. The summed E-state index contributed by atoms with van der Waals surface area (Å²) in [4.78, 5) is 6.70. The largest absolute Gasteiger partial charge is 0.494 e. The molecule has 1 aromatic rings. The Morgan fingerprint density at radius 3 is 2.69 bits per heavy atom. The summed E-state index contributed by atoms with van der Waals surface area (Å²) in [5, 5.41) is 3.41. The van der Waals surface area contributed by atoms with Crippen molar-refractivity contribution >= 4 is 5.96 Å². The van der Waals surface area contributed by atoms with Gasteiger partial charge in [0.05, 0.1) is 25.4 Å². The van der Waals surface area contributed by atoms with Crippen molar-refractivity contribution in [1.82, 2.24) is 10.2 Å². The molecule has 2 fully saturated rings. The number of aliphatic imine (C=N–C) groups is 1. The van der Waals surface area contributed by atoms with Gasteiger partial charge in [-0.05, 0) is 62.8 Å². The predicted octanol–water partition coefficient (Wildman–Crippen LogP) is 3.22. The SMILES string of the molecule is CN=C(NCCCOc1ccc(F)cc1)N1CCC(OCC2CCCCO2)CC1. The lowest BCUT2D eigenvalue weighted by Gasteiger charge is -2.35. The zero-order chi connectivity index (χ0) is 20.3. The van der Waals surface area contributed by atoms with Crippen LogP contribution in [0, 0.1) is 5.82 Å². The molecule has 0 aromatic heterocycles. The second kappa shape index (κ2) is 12.0. The molecule has 3 rings (SSSR count). The first kappa shape index (κ1) is 21.8. The fraction of sp³-hybridized carbons (Fsp3) is 0.682. The van der Waals surface area contributed by atoms with Crippen molar-refractivity contribution < 1.29 is 18.6 Å². The van der Waals surface area contributed by atoms with Gasteiger partial charge in [0.15, 0.2) is 5.96 Å². The van der Waals surface area contributed by atoms with Gasteiger partial charge in [-0.25, -0.2) is 4.39 Å². The van der Waals surface area contributed by atoms with Crippen LogP contribution in [0.3, 0.4) is 0 Å². The molecule has 1 atom stereocenters. The summed E-state index contributed by atoms with van der Waals surface area (Å²) in [7, 11) is 1.82. The molecule has 1 aromatic carbocycles.